The van der Waals surface area contributed by atoms with Gasteiger partial charge in [-0.2, -0.15) is 4.98 Å². The Hall–Kier alpha value is -4.20. The molecule has 2 aromatic carbocycles. The van der Waals surface area contributed by atoms with Crippen molar-refractivity contribution < 1.29 is 13.9 Å². The van der Waals surface area contributed by atoms with E-state index in [1.807, 2.05) is 19.1 Å². The lowest BCUT2D eigenvalue weighted by atomic mass is 10.0. The van der Waals surface area contributed by atoms with E-state index >= 15 is 0 Å². The second-order valence-corrected chi connectivity index (χ2v) is 10.3. The summed E-state index contributed by atoms with van der Waals surface area (Å²) in [6.07, 6.45) is 12.7. The van der Waals surface area contributed by atoms with Crippen molar-refractivity contribution in [3.05, 3.63) is 77.8 Å². The number of halogens is 1. The van der Waals surface area contributed by atoms with Crippen LogP contribution < -0.4 is 19.9 Å². The first-order chi connectivity index (χ1) is 19.5. The number of piperidine rings is 1. The third-order valence-corrected chi connectivity index (χ3v) is 7.54. The van der Waals surface area contributed by atoms with E-state index in [-0.39, 0.29) is 11.5 Å². The summed E-state index contributed by atoms with van der Waals surface area (Å²) < 4.78 is 20.8. The maximum Gasteiger partial charge on any atom is 0.255 e. The predicted molar refractivity (Wildman–Crippen MR) is 160 cm³/mol. The van der Waals surface area contributed by atoms with E-state index in [0.717, 1.165) is 56.6 Å². The molecule has 2 fully saturated rings. The summed E-state index contributed by atoms with van der Waals surface area (Å²) in [4.78, 5) is 26.7. The van der Waals surface area contributed by atoms with Crippen molar-refractivity contribution in [2.45, 2.75) is 52.0 Å². The van der Waals surface area contributed by atoms with Gasteiger partial charge in [0, 0.05) is 66.0 Å². The van der Waals surface area contributed by atoms with Crippen molar-refractivity contribution >= 4 is 35.4 Å². The number of anilines is 3. The number of rotatable bonds is 8. The lowest BCUT2D eigenvalue weighted by molar-refractivity contribution is 0.102. The summed E-state index contributed by atoms with van der Waals surface area (Å²) >= 11 is 0. The monoisotopic (exact) mass is 541 g/mol. The third-order valence-electron chi connectivity index (χ3n) is 7.54. The molecule has 7 nitrogen and oxygen atoms in total. The van der Waals surface area contributed by atoms with E-state index in [0.29, 0.717) is 34.9 Å². The molecule has 2 aliphatic rings. The van der Waals surface area contributed by atoms with Gasteiger partial charge in [0.1, 0.15) is 11.6 Å². The van der Waals surface area contributed by atoms with Crippen LogP contribution in [0.5, 0.6) is 11.6 Å². The SMILES string of the molecule is C=Cc1c(Oc2ccnc(N3CCCC3C)n2)ccc(NC(=O)c2cc(F)cc(N3CCCCC3)c2)c1/C=C\C. The number of carbonyl (C=O) groups is 1. The molecule has 1 N–H and O–H groups in total. The Kier molecular flexibility index (Phi) is 8.43. The van der Waals surface area contributed by atoms with Gasteiger partial charge in [0.05, 0.1) is 0 Å². The lowest BCUT2D eigenvalue weighted by Crippen LogP contribution is -2.29. The fraction of sp³-hybridized carbons (Fsp3) is 0.344. The van der Waals surface area contributed by atoms with Gasteiger partial charge in [-0.1, -0.05) is 24.8 Å². The van der Waals surface area contributed by atoms with Crippen LogP contribution in [0.15, 0.2) is 55.3 Å². The molecule has 5 rings (SSSR count). The van der Waals surface area contributed by atoms with Crippen LogP contribution in [0.25, 0.3) is 12.2 Å². The van der Waals surface area contributed by atoms with Gasteiger partial charge in [0.25, 0.3) is 5.91 Å². The Labute approximate surface area is 235 Å². The molecule has 0 radical (unpaired) electrons. The molecule has 0 aliphatic carbocycles. The fourth-order valence-corrected chi connectivity index (χ4v) is 5.48. The number of carbonyl (C=O) groups excluding carboxylic acids is 1. The summed E-state index contributed by atoms with van der Waals surface area (Å²) in [5, 5.41) is 2.97. The van der Waals surface area contributed by atoms with E-state index in [2.05, 4.69) is 38.6 Å². The van der Waals surface area contributed by atoms with Gasteiger partial charge in [0.2, 0.25) is 11.8 Å². The first-order valence-corrected chi connectivity index (χ1v) is 14.0. The zero-order valence-electron chi connectivity index (χ0n) is 23.2. The zero-order chi connectivity index (χ0) is 28.1. The van der Waals surface area contributed by atoms with Crippen LogP contribution in [0, 0.1) is 5.82 Å². The van der Waals surface area contributed by atoms with Crippen molar-refractivity contribution in [2.24, 2.45) is 0 Å². The maximum absolute atomic E-state index is 14.5. The highest BCUT2D eigenvalue weighted by molar-refractivity contribution is 6.06. The number of benzene rings is 2. The molecule has 2 aliphatic heterocycles. The number of hydrogen-bond acceptors (Lipinski definition) is 6. The molecule has 3 heterocycles. The summed E-state index contributed by atoms with van der Waals surface area (Å²) in [6, 6.07) is 10.2. The Morgan fingerprint density at radius 2 is 1.93 bits per heavy atom. The maximum atomic E-state index is 14.5. The van der Waals surface area contributed by atoms with E-state index < -0.39 is 5.82 Å². The van der Waals surface area contributed by atoms with Crippen LogP contribution in [0.4, 0.5) is 21.7 Å². The van der Waals surface area contributed by atoms with Gasteiger partial charge in [-0.25, -0.2) is 9.37 Å². The molecule has 208 valence electrons. The van der Waals surface area contributed by atoms with E-state index in [1.165, 1.54) is 18.6 Å². The smallest absolute Gasteiger partial charge is 0.255 e. The van der Waals surface area contributed by atoms with Crippen LogP contribution in [-0.4, -0.2) is 41.6 Å². The molecule has 8 heteroatoms. The van der Waals surface area contributed by atoms with Gasteiger partial charge in [-0.15, -0.1) is 0 Å². The molecule has 40 heavy (non-hydrogen) atoms. The molecule has 1 amide bonds. The van der Waals surface area contributed by atoms with Gasteiger partial charge in [-0.05, 0) is 76.3 Å². The molecule has 1 aromatic heterocycles. The van der Waals surface area contributed by atoms with E-state index in [4.69, 9.17) is 4.74 Å². The Balaban J connectivity index is 1.41. The predicted octanol–water partition coefficient (Wildman–Crippen LogP) is 7.32. The Morgan fingerprint density at radius 1 is 1.10 bits per heavy atom. The third kappa shape index (κ3) is 6.01. The summed E-state index contributed by atoms with van der Waals surface area (Å²) in [5.74, 6) is 0.829. The fourth-order valence-electron chi connectivity index (χ4n) is 5.48. The minimum absolute atomic E-state index is 0.275. The average Bonchev–Trinajstić information content (AvgIpc) is 3.40. The van der Waals surface area contributed by atoms with E-state index in [9.17, 15) is 9.18 Å². The average molecular weight is 542 g/mol. The highest BCUT2D eigenvalue weighted by atomic mass is 19.1. The molecular formula is C32H36FN5O2. The molecule has 1 unspecified atom stereocenters. The number of allylic oxidation sites excluding steroid dienone is 1. The van der Waals surface area contributed by atoms with Gasteiger partial charge >= 0.3 is 0 Å². The van der Waals surface area contributed by atoms with Crippen LogP contribution in [-0.2, 0) is 0 Å². The summed E-state index contributed by atoms with van der Waals surface area (Å²) in [7, 11) is 0. The number of nitrogens with zero attached hydrogens (tertiary/aromatic N) is 4. The molecule has 0 bridgehead atoms. The Morgan fingerprint density at radius 3 is 2.65 bits per heavy atom. The Bertz CT molecular complexity index is 1420. The highest BCUT2D eigenvalue weighted by Crippen LogP contribution is 2.35. The van der Waals surface area contributed by atoms with Crippen molar-refractivity contribution in [1.82, 2.24) is 9.97 Å². The second kappa shape index (κ2) is 12.3. The quantitative estimate of drug-likeness (QED) is 0.322. The van der Waals surface area contributed by atoms with Crippen LogP contribution in [0.3, 0.4) is 0 Å². The number of aromatic nitrogens is 2. The normalized spacial score (nSPS) is 17.3. The van der Waals surface area contributed by atoms with Crippen molar-refractivity contribution in [1.29, 1.82) is 0 Å². The summed E-state index contributed by atoms with van der Waals surface area (Å²) in [6.45, 7) is 10.7. The van der Waals surface area contributed by atoms with Crippen LogP contribution in [0.2, 0.25) is 0 Å². The molecule has 2 saturated heterocycles. The van der Waals surface area contributed by atoms with Crippen molar-refractivity contribution in [3.8, 4) is 11.6 Å². The van der Waals surface area contributed by atoms with Crippen molar-refractivity contribution in [3.63, 3.8) is 0 Å². The van der Waals surface area contributed by atoms with Gasteiger partial charge in [-0.3, -0.25) is 4.79 Å². The standard InChI is InChI=1S/C32H36FN5O2/c1-4-10-27-26(5-2)29(40-30-14-15-34-32(36-30)38-18-9-11-22(38)3)13-12-28(27)35-31(39)23-19-24(33)21-25(20-23)37-16-7-6-8-17-37/h4-5,10,12-15,19-22H,2,6-9,11,16-18H2,1,3H3,(H,35,39)/b10-4-. The number of amides is 1. The molecule has 0 spiro atoms. The van der Waals surface area contributed by atoms with E-state index in [1.54, 1.807) is 36.5 Å². The number of hydrogen-bond donors (Lipinski definition) is 1. The molecule has 1 atom stereocenters. The van der Waals surface area contributed by atoms with Crippen LogP contribution in [0.1, 0.15) is 67.4 Å². The topological polar surface area (TPSA) is 70.6 Å². The first-order valence-electron chi connectivity index (χ1n) is 14.0. The largest absolute Gasteiger partial charge is 0.438 e. The minimum atomic E-state index is -0.426. The molecular weight excluding hydrogens is 505 g/mol. The molecule has 0 saturated carbocycles. The number of ether oxygens (including phenoxy) is 1. The number of nitrogens with one attached hydrogen (secondary N) is 1. The van der Waals surface area contributed by atoms with Gasteiger partial charge < -0.3 is 19.9 Å². The first kappa shape index (κ1) is 27.4. The van der Waals surface area contributed by atoms with Crippen LogP contribution >= 0.6 is 0 Å². The summed E-state index contributed by atoms with van der Waals surface area (Å²) in [5.41, 5.74) is 3.03. The lowest BCUT2D eigenvalue weighted by Gasteiger charge is -2.29. The van der Waals surface area contributed by atoms with Crippen molar-refractivity contribution in [2.75, 3.05) is 34.8 Å². The minimum Gasteiger partial charge on any atom is -0.438 e. The highest BCUT2D eigenvalue weighted by Gasteiger charge is 2.23. The molecule has 3 aromatic rings. The second-order valence-electron chi connectivity index (χ2n) is 10.3. The van der Waals surface area contributed by atoms with Gasteiger partial charge in [0.15, 0.2) is 0 Å². The zero-order valence-corrected chi connectivity index (χ0v) is 23.2.